The van der Waals surface area contributed by atoms with Crippen LogP contribution in [0.4, 0.5) is 4.79 Å². The second kappa shape index (κ2) is 10.6. The first-order chi connectivity index (χ1) is 11.8. The van der Waals surface area contributed by atoms with E-state index in [9.17, 15) is 14.4 Å². The molecular weight excluding hydrogens is 350 g/mol. The highest BCUT2D eigenvalue weighted by Gasteiger charge is 2.19. The van der Waals surface area contributed by atoms with Gasteiger partial charge in [0.25, 0.3) is 0 Å². The van der Waals surface area contributed by atoms with E-state index >= 15 is 0 Å². The number of carboxylic acid groups (broad SMARTS) is 1. The third-order valence-electron chi connectivity index (χ3n) is 3.24. The van der Waals surface area contributed by atoms with Crippen LogP contribution >= 0.6 is 11.6 Å². The summed E-state index contributed by atoms with van der Waals surface area (Å²) in [5, 5.41) is 12.0. The summed E-state index contributed by atoms with van der Waals surface area (Å²) >= 11 is 5.84. The van der Waals surface area contributed by atoms with E-state index in [0.717, 1.165) is 0 Å². The van der Waals surface area contributed by atoms with Crippen LogP contribution in [0.3, 0.4) is 0 Å². The van der Waals surface area contributed by atoms with E-state index in [-0.39, 0.29) is 19.3 Å². The van der Waals surface area contributed by atoms with E-state index in [1.54, 1.807) is 24.3 Å². The van der Waals surface area contributed by atoms with E-state index < -0.39 is 30.4 Å². The molecule has 0 aliphatic heterocycles. The maximum Gasteiger partial charge on any atom is 0.410 e. The summed E-state index contributed by atoms with van der Waals surface area (Å²) in [4.78, 5) is 34.2. The molecule has 25 heavy (non-hydrogen) atoms. The molecule has 2 N–H and O–H groups in total. The fraction of sp³-hybridized carbons (Fsp3) is 0.471. The van der Waals surface area contributed by atoms with Crippen molar-refractivity contribution in [2.24, 2.45) is 0 Å². The molecule has 0 aliphatic carbocycles. The van der Waals surface area contributed by atoms with Crippen LogP contribution in [0.1, 0.15) is 51.1 Å². The van der Waals surface area contributed by atoms with Gasteiger partial charge in [0.05, 0.1) is 6.04 Å². The molecule has 0 radical (unpaired) electrons. The van der Waals surface area contributed by atoms with E-state index in [2.05, 4.69) is 5.32 Å². The van der Waals surface area contributed by atoms with Crippen molar-refractivity contribution in [3.63, 3.8) is 0 Å². The number of halogens is 1. The Bertz CT molecular complexity index is 589. The van der Waals surface area contributed by atoms with Crippen molar-refractivity contribution in [3.8, 4) is 0 Å². The number of rotatable bonds is 9. The van der Waals surface area contributed by atoms with Crippen molar-refractivity contribution in [2.45, 2.75) is 51.9 Å². The van der Waals surface area contributed by atoms with Crippen LogP contribution in [0, 0.1) is 0 Å². The molecule has 138 valence electrons. The van der Waals surface area contributed by atoms with Crippen LogP contribution in [0.5, 0.6) is 0 Å². The molecule has 1 amide bonds. The Morgan fingerprint density at radius 2 is 1.80 bits per heavy atom. The molecule has 0 saturated carbocycles. The second-order valence-electron chi connectivity index (χ2n) is 5.39. The van der Waals surface area contributed by atoms with Crippen molar-refractivity contribution in [2.75, 3.05) is 0 Å². The molecule has 0 saturated heterocycles. The minimum atomic E-state index is -1.04. The Morgan fingerprint density at radius 3 is 2.36 bits per heavy atom. The van der Waals surface area contributed by atoms with Crippen LogP contribution in [-0.2, 0) is 19.1 Å². The maximum atomic E-state index is 12.0. The number of carbonyl (C=O) groups is 3. The van der Waals surface area contributed by atoms with Crippen LogP contribution in [0.15, 0.2) is 24.3 Å². The number of carboxylic acids is 1. The Labute approximate surface area is 151 Å². The summed E-state index contributed by atoms with van der Waals surface area (Å²) < 4.78 is 9.91. The summed E-state index contributed by atoms with van der Waals surface area (Å²) in [5.74, 6) is -1.43. The number of esters is 1. The molecule has 0 fully saturated rings. The summed E-state index contributed by atoms with van der Waals surface area (Å²) in [6.07, 6.45) is -0.927. The minimum Gasteiger partial charge on any atom is -0.481 e. The van der Waals surface area contributed by atoms with Gasteiger partial charge in [0.15, 0.2) is 0 Å². The van der Waals surface area contributed by atoms with Gasteiger partial charge in [0.1, 0.15) is 0 Å². The molecule has 2 atom stereocenters. The summed E-state index contributed by atoms with van der Waals surface area (Å²) in [6, 6.07) is 6.11. The Balaban J connectivity index is 2.66. The molecular formula is C17H22ClNO6. The fourth-order valence-corrected chi connectivity index (χ4v) is 2.21. The number of amides is 1. The van der Waals surface area contributed by atoms with Gasteiger partial charge in [-0.3, -0.25) is 9.59 Å². The van der Waals surface area contributed by atoms with Gasteiger partial charge in [0, 0.05) is 24.8 Å². The summed E-state index contributed by atoms with van der Waals surface area (Å²) in [6.45, 7) is 3.26. The number of benzene rings is 1. The Morgan fingerprint density at radius 1 is 1.16 bits per heavy atom. The average molecular weight is 372 g/mol. The van der Waals surface area contributed by atoms with Crippen molar-refractivity contribution < 1.29 is 29.0 Å². The van der Waals surface area contributed by atoms with Crippen LogP contribution in [0.2, 0.25) is 5.02 Å². The highest BCUT2D eigenvalue weighted by Crippen LogP contribution is 2.21. The van der Waals surface area contributed by atoms with Crippen molar-refractivity contribution in [1.82, 2.24) is 5.32 Å². The van der Waals surface area contributed by atoms with Gasteiger partial charge in [-0.25, -0.2) is 4.79 Å². The summed E-state index contributed by atoms with van der Waals surface area (Å²) in [5.41, 5.74) is 0.693. The molecule has 1 rings (SSSR count). The van der Waals surface area contributed by atoms with Gasteiger partial charge in [0.2, 0.25) is 6.29 Å². The number of ether oxygens (including phenoxy) is 2. The largest absolute Gasteiger partial charge is 0.481 e. The minimum absolute atomic E-state index is 0.130. The third-order valence-corrected chi connectivity index (χ3v) is 3.49. The smallest absolute Gasteiger partial charge is 0.410 e. The Hall–Kier alpha value is -2.28. The molecule has 8 heteroatoms. The lowest BCUT2D eigenvalue weighted by Gasteiger charge is -2.20. The van der Waals surface area contributed by atoms with Gasteiger partial charge in [-0.2, -0.15) is 0 Å². The number of hydrogen-bond acceptors (Lipinski definition) is 5. The summed E-state index contributed by atoms with van der Waals surface area (Å²) in [7, 11) is 0. The van der Waals surface area contributed by atoms with E-state index in [1.807, 2.05) is 6.92 Å². The molecule has 0 aromatic heterocycles. The van der Waals surface area contributed by atoms with Crippen molar-refractivity contribution in [3.05, 3.63) is 34.9 Å². The standard InChI is InChI=1S/C17H22ClNO6/c1-3-4-16(22)24-11(2)25-17(23)19-14(9-10-15(20)21)12-5-7-13(18)8-6-12/h5-8,11,14H,3-4,9-10H2,1-2H3,(H,19,23)(H,20,21). The molecule has 0 heterocycles. The lowest BCUT2D eigenvalue weighted by molar-refractivity contribution is -0.165. The highest BCUT2D eigenvalue weighted by molar-refractivity contribution is 6.30. The van der Waals surface area contributed by atoms with Gasteiger partial charge in [-0.1, -0.05) is 30.7 Å². The molecule has 0 bridgehead atoms. The highest BCUT2D eigenvalue weighted by atomic mass is 35.5. The number of hydrogen-bond donors (Lipinski definition) is 2. The normalized spacial score (nSPS) is 12.8. The van der Waals surface area contributed by atoms with E-state index in [0.29, 0.717) is 17.0 Å². The monoisotopic (exact) mass is 371 g/mol. The van der Waals surface area contributed by atoms with Gasteiger partial charge in [-0.05, 0) is 30.5 Å². The van der Waals surface area contributed by atoms with E-state index in [4.69, 9.17) is 26.2 Å². The predicted octanol–water partition coefficient (Wildman–Crippen LogP) is 3.66. The van der Waals surface area contributed by atoms with Crippen LogP contribution in [-0.4, -0.2) is 29.4 Å². The third kappa shape index (κ3) is 8.39. The molecule has 7 nitrogen and oxygen atoms in total. The molecule has 1 aromatic rings. The van der Waals surface area contributed by atoms with Gasteiger partial charge < -0.3 is 19.9 Å². The topological polar surface area (TPSA) is 102 Å². The number of alkyl carbamates (subject to hydrolysis) is 1. The molecule has 1 aromatic carbocycles. The van der Waals surface area contributed by atoms with Crippen molar-refractivity contribution >= 4 is 29.6 Å². The number of nitrogens with one attached hydrogen (secondary N) is 1. The average Bonchev–Trinajstić information content (AvgIpc) is 2.52. The maximum absolute atomic E-state index is 12.0. The number of aliphatic carboxylic acids is 1. The quantitative estimate of drug-likeness (QED) is 0.507. The van der Waals surface area contributed by atoms with Gasteiger partial charge in [-0.15, -0.1) is 0 Å². The zero-order chi connectivity index (χ0) is 18.8. The van der Waals surface area contributed by atoms with Crippen LogP contribution in [0.25, 0.3) is 0 Å². The molecule has 0 aliphatic rings. The first kappa shape index (κ1) is 20.8. The second-order valence-corrected chi connectivity index (χ2v) is 5.83. The molecule has 0 spiro atoms. The first-order valence-corrected chi connectivity index (χ1v) is 8.33. The van der Waals surface area contributed by atoms with Crippen LogP contribution < -0.4 is 5.32 Å². The first-order valence-electron chi connectivity index (χ1n) is 7.95. The Kier molecular flexibility index (Phi) is 8.77. The van der Waals surface area contributed by atoms with Crippen molar-refractivity contribution in [1.29, 1.82) is 0 Å². The van der Waals surface area contributed by atoms with E-state index in [1.165, 1.54) is 6.92 Å². The lowest BCUT2D eigenvalue weighted by Crippen LogP contribution is -2.33. The van der Waals surface area contributed by atoms with Gasteiger partial charge >= 0.3 is 18.0 Å². The SMILES string of the molecule is CCCC(=O)OC(C)OC(=O)NC(CCC(=O)O)c1ccc(Cl)cc1. The zero-order valence-corrected chi connectivity index (χ0v) is 14.9. The predicted molar refractivity (Wildman–Crippen MR) is 91.1 cm³/mol. The lowest BCUT2D eigenvalue weighted by atomic mass is 10.0. The fourth-order valence-electron chi connectivity index (χ4n) is 2.08. The number of carbonyl (C=O) groups excluding carboxylic acids is 2. The molecule has 2 unspecified atom stereocenters. The zero-order valence-electron chi connectivity index (χ0n) is 14.2.